The van der Waals surface area contributed by atoms with E-state index in [0.717, 1.165) is 6.61 Å². The average Bonchev–Trinajstić information content (AvgIpc) is 3.28. The largest absolute Gasteiger partial charge is 0.566 e. The smallest absolute Gasteiger partial charge is 0.488 e. The van der Waals surface area contributed by atoms with Gasteiger partial charge in [-0.3, -0.25) is 0 Å². The van der Waals surface area contributed by atoms with Crippen molar-refractivity contribution >= 4 is 8.25 Å². The molecular formula is C14H21O5P. The Morgan fingerprint density at radius 2 is 2.00 bits per heavy atom. The number of benzene rings is 1. The third-order valence-corrected chi connectivity index (χ3v) is 2.97. The van der Waals surface area contributed by atoms with Gasteiger partial charge in [0, 0.05) is 5.56 Å². The Hall–Kier alpha value is -1.00. The number of hydrogen-bond donors (Lipinski definition) is 0. The average molecular weight is 300 g/mol. The molecule has 0 amide bonds. The summed E-state index contributed by atoms with van der Waals surface area (Å²) in [5, 5.41) is 0. The molecule has 0 bridgehead atoms. The van der Waals surface area contributed by atoms with Crippen molar-refractivity contribution in [2.75, 3.05) is 13.2 Å². The lowest BCUT2D eigenvalue weighted by Crippen LogP contribution is -2.06. The molecule has 0 saturated carbocycles. The van der Waals surface area contributed by atoms with Gasteiger partial charge in [0.05, 0.1) is 6.61 Å². The van der Waals surface area contributed by atoms with Crippen molar-refractivity contribution in [1.29, 1.82) is 0 Å². The minimum Gasteiger partial charge on any atom is -0.566 e. The molecule has 1 aliphatic heterocycles. The van der Waals surface area contributed by atoms with E-state index in [1.807, 2.05) is 6.07 Å². The normalized spacial score (nSPS) is 16.9. The second-order valence-electron chi connectivity index (χ2n) is 4.37. The minimum atomic E-state index is -2.83. The second-order valence-corrected chi connectivity index (χ2v) is 5.08. The highest BCUT2D eigenvalue weighted by atomic mass is 31.1. The predicted octanol–water partition coefficient (Wildman–Crippen LogP) is 2.80. The van der Waals surface area contributed by atoms with E-state index in [1.165, 1.54) is 12.8 Å². The first-order valence-electron chi connectivity index (χ1n) is 6.77. The molecule has 0 radical (unpaired) electrons. The predicted molar refractivity (Wildman–Crippen MR) is 74.7 cm³/mol. The van der Waals surface area contributed by atoms with Gasteiger partial charge in [0.15, 0.2) is 0 Å². The summed E-state index contributed by atoms with van der Waals surface area (Å²) in [6.07, 6.45) is 2.81. The monoisotopic (exact) mass is 300 g/mol. The molecule has 5 nitrogen and oxygen atoms in total. The summed E-state index contributed by atoms with van der Waals surface area (Å²) in [7, 11) is -2.83. The Labute approximate surface area is 120 Å². The van der Waals surface area contributed by atoms with Crippen molar-refractivity contribution in [2.45, 2.75) is 39.4 Å². The molecule has 112 valence electrons. The summed E-state index contributed by atoms with van der Waals surface area (Å²) in [4.78, 5) is 10.3. The molecule has 1 aliphatic rings. The number of para-hydroxylation sites is 1. The maximum Gasteiger partial charge on any atom is 0.488 e. The van der Waals surface area contributed by atoms with E-state index in [-0.39, 0.29) is 12.7 Å². The molecule has 0 aromatic heterocycles. The van der Waals surface area contributed by atoms with Crippen molar-refractivity contribution in [3.8, 4) is 5.75 Å². The lowest BCUT2D eigenvalue weighted by Gasteiger charge is -2.08. The van der Waals surface area contributed by atoms with Crippen LogP contribution in [0.3, 0.4) is 0 Å². The zero-order chi connectivity index (χ0) is 14.8. The number of ether oxygens (including phenoxy) is 2. The molecule has 1 fully saturated rings. The van der Waals surface area contributed by atoms with Crippen LogP contribution in [0.1, 0.15) is 32.3 Å². The van der Waals surface area contributed by atoms with E-state index >= 15 is 0 Å². The topological polar surface area (TPSA) is 71.1 Å². The minimum absolute atomic E-state index is 0.000398. The first-order chi connectivity index (χ1) is 9.67. The highest BCUT2D eigenvalue weighted by Gasteiger charge is 2.23. The van der Waals surface area contributed by atoms with Crippen molar-refractivity contribution in [1.82, 2.24) is 0 Å². The molecule has 6 heteroatoms. The van der Waals surface area contributed by atoms with Gasteiger partial charge in [-0.15, -0.1) is 4.52 Å². The van der Waals surface area contributed by atoms with Crippen LogP contribution in [0.5, 0.6) is 5.75 Å². The van der Waals surface area contributed by atoms with E-state index in [4.69, 9.17) is 9.47 Å². The lowest BCUT2D eigenvalue weighted by molar-refractivity contribution is -0.186. The molecule has 0 aliphatic carbocycles. The number of unbranched alkanes of at least 4 members (excludes halogenated alkanes) is 1. The highest BCUT2D eigenvalue weighted by Crippen LogP contribution is 2.23. The van der Waals surface area contributed by atoms with Crippen LogP contribution in [0, 0.1) is 0 Å². The zero-order valence-corrected chi connectivity index (χ0v) is 12.8. The summed E-state index contributed by atoms with van der Waals surface area (Å²) in [5.41, 5.74) is 0.711. The van der Waals surface area contributed by atoms with Gasteiger partial charge >= 0.3 is 8.25 Å². The maximum atomic E-state index is 10.3. The Morgan fingerprint density at radius 1 is 1.35 bits per heavy atom. The molecular weight excluding hydrogens is 279 g/mol. The third kappa shape index (κ3) is 7.56. The van der Waals surface area contributed by atoms with Crippen LogP contribution < -0.4 is 9.63 Å². The molecule has 2 atom stereocenters. The van der Waals surface area contributed by atoms with Crippen molar-refractivity contribution in [2.24, 2.45) is 0 Å². The van der Waals surface area contributed by atoms with Crippen LogP contribution in [-0.4, -0.2) is 19.3 Å². The lowest BCUT2D eigenvalue weighted by atomic mass is 10.2. The molecule has 2 unspecified atom stereocenters. The van der Waals surface area contributed by atoms with Crippen LogP contribution in [-0.2, 0) is 20.4 Å². The first kappa shape index (κ1) is 17.1. The third-order valence-electron chi connectivity index (χ3n) is 2.63. The summed E-state index contributed by atoms with van der Waals surface area (Å²) in [6.45, 7) is 5.58. The van der Waals surface area contributed by atoms with E-state index in [9.17, 15) is 9.46 Å². The van der Waals surface area contributed by atoms with Crippen LogP contribution in [0.2, 0.25) is 0 Å². The number of hydrogen-bond acceptors (Lipinski definition) is 5. The maximum absolute atomic E-state index is 10.3. The molecule has 0 spiro atoms. The van der Waals surface area contributed by atoms with Gasteiger partial charge in [-0.25, -0.2) is 0 Å². The van der Waals surface area contributed by atoms with E-state index < -0.39 is 8.25 Å². The first-order valence-corrected chi connectivity index (χ1v) is 7.86. The summed E-state index contributed by atoms with van der Waals surface area (Å²) < 4.78 is 25.4. The fraction of sp³-hybridized carbons (Fsp3) is 0.571. The van der Waals surface area contributed by atoms with Crippen molar-refractivity contribution < 1.29 is 23.5 Å². The molecule has 1 aromatic rings. The van der Waals surface area contributed by atoms with Crippen molar-refractivity contribution in [3.05, 3.63) is 29.8 Å². The number of epoxide rings is 1. The summed E-state index contributed by atoms with van der Waals surface area (Å²) >= 11 is 0. The molecule has 0 N–H and O–H groups in total. The zero-order valence-electron chi connectivity index (χ0n) is 11.9. The standard InChI is InChI=1S/C10H11O5P.C4H10/c11-16(12)15-5-8-3-1-2-4-10(8)14-7-9-6-13-9;1-3-4-2/h1-4,9H,5-7H2;3-4H2,1-2H3. The fourth-order valence-electron chi connectivity index (χ4n) is 1.23. The van der Waals surface area contributed by atoms with Crippen LogP contribution >= 0.6 is 8.25 Å². The van der Waals surface area contributed by atoms with E-state index in [0.29, 0.717) is 17.9 Å². The van der Waals surface area contributed by atoms with Gasteiger partial charge in [0.2, 0.25) is 0 Å². The quantitative estimate of drug-likeness (QED) is 0.572. The van der Waals surface area contributed by atoms with Crippen LogP contribution in [0.15, 0.2) is 24.3 Å². The van der Waals surface area contributed by atoms with Crippen LogP contribution in [0.25, 0.3) is 0 Å². The summed E-state index contributed by atoms with van der Waals surface area (Å²) in [5.74, 6) is 0.634. The molecule has 2 rings (SSSR count). The highest BCUT2D eigenvalue weighted by molar-refractivity contribution is 7.30. The van der Waals surface area contributed by atoms with Gasteiger partial charge in [0.1, 0.15) is 25.1 Å². The van der Waals surface area contributed by atoms with Crippen molar-refractivity contribution in [3.63, 3.8) is 0 Å². The molecule has 1 heterocycles. The fourth-order valence-corrected chi connectivity index (χ4v) is 1.48. The number of rotatable bonds is 7. The van der Waals surface area contributed by atoms with Crippen LogP contribution in [0.4, 0.5) is 0 Å². The van der Waals surface area contributed by atoms with Gasteiger partial charge in [0.25, 0.3) is 0 Å². The second kappa shape index (κ2) is 9.83. The van der Waals surface area contributed by atoms with E-state index in [2.05, 4.69) is 18.4 Å². The summed E-state index contributed by atoms with van der Waals surface area (Å²) in [6, 6.07) is 7.17. The Bertz CT molecular complexity index is 404. The molecule has 1 saturated heterocycles. The van der Waals surface area contributed by atoms with Gasteiger partial charge in [-0.1, -0.05) is 44.9 Å². The van der Waals surface area contributed by atoms with Gasteiger partial charge in [-0.05, 0) is 10.6 Å². The molecule has 1 aromatic carbocycles. The Morgan fingerprint density at radius 3 is 2.55 bits per heavy atom. The van der Waals surface area contributed by atoms with Gasteiger partial charge < -0.3 is 14.4 Å². The Balaban J connectivity index is 0.000000444. The Kier molecular flexibility index (Phi) is 8.38. The van der Waals surface area contributed by atoms with Gasteiger partial charge in [-0.2, -0.15) is 0 Å². The van der Waals surface area contributed by atoms with E-state index in [1.54, 1.807) is 18.2 Å². The molecule has 20 heavy (non-hydrogen) atoms. The SMILES string of the molecule is CCCC.O=[P+]([O-])OCc1ccccc1OCC1CO1.